The molecule has 0 saturated heterocycles. The Bertz CT molecular complexity index is 1070. The summed E-state index contributed by atoms with van der Waals surface area (Å²) in [5.74, 6) is -0.136. The molecule has 0 aliphatic heterocycles. The third kappa shape index (κ3) is 3.09. The molecule has 0 bridgehead atoms. The van der Waals surface area contributed by atoms with Crippen LogP contribution in [0, 0.1) is 0 Å². The number of rotatable bonds is 4. The molecule has 5 heteroatoms. The minimum Gasteiger partial charge on any atom is -0.321 e. The maximum Gasteiger partial charge on any atom is 0.255 e. The van der Waals surface area contributed by atoms with Gasteiger partial charge in [-0.2, -0.15) is 0 Å². The van der Waals surface area contributed by atoms with Gasteiger partial charge < -0.3 is 5.32 Å². The Kier molecular flexibility index (Phi) is 4.46. The minimum absolute atomic E-state index is 0.136. The zero-order valence-corrected chi connectivity index (χ0v) is 15.0. The van der Waals surface area contributed by atoms with Crippen LogP contribution in [0.2, 0.25) is 0 Å². The van der Waals surface area contributed by atoms with Crippen molar-refractivity contribution < 1.29 is 4.79 Å². The normalized spacial score (nSPS) is 10.8. The standard InChI is InChI=1S/C21H17N3OS/c1-26-20-10-6-5-9-17(20)23-21(25)15-11-12-19-18(13-15)22-14-24(19)16-7-3-2-4-8-16/h2-14H,1H3,(H,23,25). The van der Waals surface area contributed by atoms with Gasteiger partial charge in [0.2, 0.25) is 0 Å². The molecule has 3 aromatic carbocycles. The third-order valence-electron chi connectivity index (χ3n) is 4.20. The first-order valence-electron chi connectivity index (χ1n) is 8.23. The average molecular weight is 359 g/mol. The molecule has 1 N–H and O–H groups in total. The Morgan fingerprint density at radius 2 is 1.77 bits per heavy atom. The summed E-state index contributed by atoms with van der Waals surface area (Å²) in [5, 5.41) is 2.99. The van der Waals surface area contributed by atoms with E-state index in [9.17, 15) is 4.79 Å². The second kappa shape index (κ2) is 7.06. The van der Waals surface area contributed by atoms with Gasteiger partial charge in [-0.05, 0) is 48.7 Å². The molecule has 0 aliphatic rings. The molecule has 4 rings (SSSR count). The lowest BCUT2D eigenvalue weighted by molar-refractivity contribution is 0.102. The van der Waals surface area contributed by atoms with E-state index < -0.39 is 0 Å². The number of aromatic nitrogens is 2. The molecule has 0 aliphatic carbocycles. The van der Waals surface area contributed by atoms with Crippen LogP contribution in [0.1, 0.15) is 10.4 Å². The first-order valence-corrected chi connectivity index (χ1v) is 9.45. The number of nitrogens with zero attached hydrogens (tertiary/aromatic N) is 2. The quantitative estimate of drug-likeness (QED) is 0.522. The maximum absolute atomic E-state index is 12.6. The van der Waals surface area contributed by atoms with E-state index in [-0.39, 0.29) is 5.91 Å². The molecule has 1 aromatic heterocycles. The van der Waals surface area contributed by atoms with Crippen LogP contribution in [0.15, 0.2) is 84.0 Å². The number of para-hydroxylation sites is 2. The Hall–Kier alpha value is -3.05. The van der Waals surface area contributed by atoms with E-state index in [1.165, 1.54) is 0 Å². The van der Waals surface area contributed by atoms with Crippen LogP contribution in [0.3, 0.4) is 0 Å². The molecular formula is C21H17N3OS. The topological polar surface area (TPSA) is 46.9 Å². The summed E-state index contributed by atoms with van der Waals surface area (Å²) in [5.41, 5.74) is 4.21. The molecule has 26 heavy (non-hydrogen) atoms. The summed E-state index contributed by atoms with van der Waals surface area (Å²) < 4.78 is 2.01. The summed E-state index contributed by atoms with van der Waals surface area (Å²) in [6.07, 6.45) is 3.78. The van der Waals surface area contributed by atoms with Gasteiger partial charge in [-0.1, -0.05) is 30.3 Å². The smallest absolute Gasteiger partial charge is 0.255 e. The highest BCUT2D eigenvalue weighted by Gasteiger charge is 2.11. The maximum atomic E-state index is 12.6. The average Bonchev–Trinajstić information content (AvgIpc) is 3.12. The van der Waals surface area contributed by atoms with Crippen molar-refractivity contribution in [2.75, 3.05) is 11.6 Å². The van der Waals surface area contributed by atoms with E-state index in [0.29, 0.717) is 5.56 Å². The van der Waals surface area contributed by atoms with Crippen molar-refractivity contribution in [3.8, 4) is 5.69 Å². The molecule has 4 nitrogen and oxygen atoms in total. The summed E-state index contributed by atoms with van der Waals surface area (Å²) in [6.45, 7) is 0. The molecule has 128 valence electrons. The number of nitrogens with one attached hydrogen (secondary N) is 1. The van der Waals surface area contributed by atoms with Gasteiger partial charge in [0.1, 0.15) is 6.33 Å². The van der Waals surface area contributed by atoms with Crippen LogP contribution < -0.4 is 5.32 Å². The van der Waals surface area contributed by atoms with Crippen LogP contribution >= 0.6 is 11.8 Å². The first-order chi connectivity index (χ1) is 12.8. The van der Waals surface area contributed by atoms with E-state index in [0.717, 1.165) is 27.3 Å². The summed E-state index contributed by atoms with van der Waals surface area (Å²) >= 11 is 1.61. The lowest BCUT2D eigenvalue weighted by atomic mass is 10.1. The van der Waals surface area contributed by atoms with E-state index in [2.05, 4.69) is 10.3 Å². The highest BCUT2D eigenvalue weighted by Crippen LogP contribution is 2.26. The number of carbonyl (C=O) groups is 1. The summed E-state index contributed by atoms with van der Waals surface area (Å²) in [6, 6.07) is 23.4. The van der Waals surface area contributed by atoms with Crippen LogP contribution in [0.4, 0.5) is 5.69 Å². The minimum atomic E-state index is -0.136. The summed E-state index contributed by atoms with van der Waals surface area (Å²) in [7, 11) is 0. The molecule has 1 heterocycles. The number of carbonyl (C=O) groups excluding carboxylic acids is 1. The highest BCUT2D eigenvalue weighted by atomic mass is 32.2. The fourth-order valence-electron chi connectivity index (χ4n) is 2.89. The fraction of sp³-hybridized carbons (Fsp3) is 0.0476. The second-order valence-electron chi connectivity index (χ2n) is 5.81. The third-order valence-corrected chi connectivity index (χ3v) is 4.99. The number of hydrogen-bond acceptors (Lipinski definition) is 3. The Labute approximate surface area is 155 Å². The van der Waals surface area contributed by atoms with Crippen molar-refractivity contribution in [1.82, 2.24) is 9.55 Å². The molecule has 4 aromatic rings. The number of anilines is 1. The molecular weight excluding hydrogens is 342 g/mol. The Morgan fingerprint density at radius 1 is 1.00 bits per heavy atom. The molecule has 0 fully saturated rings. The number of fused-ring (bicyclic) bond motifs is 1. The Balaban J connectivity index is 1.65. The number of imidazole rings is 1. The monoisotopic (exact) mass is 359 g/mol. The molecule has 0 radical (unpaired) electrons. The van der Waals surface area contributed by atoms with Crippen molar-refractivity contribution in [3.63, 3.8) is 0 Å². The van der Waals surface area contributed by atoms with Gasteiger partial charge in [0.25, 0.3) is 5.91 Å². The van der Waals surface area contributed by atoms with E-state index in [1.807, 2.05) is 83.6 Å². The molecule has 0 unspecified atom stereocenters. The number of amides is 1. The van der Waals surface area contributed by atoms with Gasteiger partial charge >= 0.3 is 0 Å². The lowest BCUT2D eigenvalue weighted by Gasteiger charge is -2.09. The molecule has 0 saturated carbocycles. The largest absolute Gasteiger partial charge is 0.321 e. The van der Waals surface area contributed by atoms with Gasteiger partial charge in [0.05, 0.1) is 16.7 Å². The van der Waals surface area contributed by atoms with Crippen molar-refractivity contribution in [1.29, 1.82) is 0 Å². The zero-order chi connectivity index (χ0) is 17.9. The predicted molar refractivity (Wildman–Crippen MR) is 107 cm³/mol. The molecule has 1 amide bonds. The zero-order valence-electron chi connectivity index (χ0n) is 14.2. The van der Waals surface area contributed by atoms with Crippen LogP contribution in [-0.2, 0) is 0 Å². The van der Waals surface area contributed by atoms with Crippen molar-refractivity contribution >= 4 is 34.4 Å². The Morgan fingerprint density at radius 3 is 2.58 bits per heavy atom. The molecule has 0 spiro atoms. The van der Waals surface area contributed by atoms with E-state index in [4.69, 9.17) is 0 Å². The van der Waals surface area contributed by atoms with Crippen molar-refractivity contribution in [2.45, 2.75) is 4.90 Å². The van der Waals surface area contributed by atoms with Crippen LogP contribution in [0.5, 0.6) is 0 Å². The van der Waals surface area contributed by atoms with Crippen LogP contribution in [0.25, 0.3) is 16.7 Å². The van der Waals surface area contributed by atoms with Crippen LogP contribution in [-0.4, -0.2) is 21.7 Å². The first kappa shape index (κ1) is 16.4. The van der Waals surface area contributed by atoms with Gasteiger partial charge in [0, 0.05) is 16.1 Å². The van der Waals surface area contributed by atoms with Gasteiger partial charge in [0.15, 0.2) is 0 Å². The van der Waals surface area contributed by atoms with Crippen molar-refractivity contribution in [2.24, 2.45) is 0 Å². The second-order valence-corrected chi connectivity index (χ2v) is 6.66. The predicted octanol–water partition coefficient (Wildman–Crippen LogP) is 5.00. The fourth-order valence-corrected chi connectivity index (χ4v) is 3.44. The lowest BCUT2D eigenvalue weighted by Crippen LogP contribution is -2.12. The summed E-state index contributed by atoms with van der Waals surface area (Å²) in [4.78, 5) is 18.1. The number of hydrogen-bond donors (Lipinski definition) is 1. The van der Waals surface area contributed by atoms with E-state index in [1.54, 1.807) is 18.1 Å². The van der Waals surface area contributed by atoms with Gasteiger partial charge in [-0.3, -0.25) is 9.36 Å². The van der Waals surface area contributed by atoms with Crippen molar-refractivity contribution in [3.05, 3.63) is 84.7 Å². The number of thioether (sulfide) groups is 1. The SMILES string of the molecule is CSc1ccccc1NC(=O)c1ccc2c(c1)ncn2-c1ccccc1. The highest BCUT2D eigenvalue weighted by molar-refractivity contribution is 7.98. The van der Waals surface area contributed by atoms with E-state index >= 15 is 0 Å². The van der Waals surface area contributed by atoms with Gasteiger partial charge in [-0.15, -0.1) is 11.8 Å². The number of benzene rings is 3. The molecule has 0 atom stereocenters. The van der Waals surface area contributed by atoms with Gasteiger partial charge in [-0.25, -0.2) is 4.98 Å².